The van der Waals surface area contributed by atoms with E-state index in [1.54, 1.807) is 23.1 Å². The number of carbonyl (C=O) groups excluding carboxylic acids is 2. The number of rotatable bonds is 4. The van der Waals surface area contributed by atoms with Crippen LogP contribution < -0.4 is 10.5 Å². The molecule has 2 amide bonds. The fraction of sp³-hybridized carbons (Fsp3) is 0.231. The number of hydrogen-bond acceptors (Lipinski definition) is 4. The lowest BCUT2D eigenvalue weighted by atomic mass is 9.93. The summed E-state index contributed by atoms with van der Waals surface area (Å²) in [6, 6.07) is 13.7. The summed E-state index contributed by atoms with van der Waals surface area (Å²) in [5, 5.41) is 9.78. The predicted molar refractivity (Wildman–Crippen MR) is 122 cm³/mol. The fourth-order valence-electron chi connectivity index (χ4n) is 4.75. The highest BCUT2D eigenvalue weighted by Gasteiger charge is 2.29. The first-order valence-corrected chi connectivity index (χ1v) is 10.8. The number of aliphatic hydroxyl groups excluding tert-OH is 1. The molecule has 7 heteroatoms. The zero-order valence-electron chi connectivity index (χ0n) is 18.1. The molecule has 1 fully saturated rings. The first-order valence-electron chi connectivity index (χ1n) is 10.8. The number of amides is 2. The third-order valence-corrected chi connectivity index (χ3v) is 6.47. The van der Waals surface area contributed by atoms with Gasteiger partial charge >= 0.3 is 0 Å². The molecule has 3 aromatic rings. The van der Waals surface area contributed by atoms with Crippen molar-refractivity contribution >= 4 is 11.8 Å². The first kappa shape index (κ1) is 21.2. The minimum atomic E-state index is -0.558. The number of fused-ring (bicyclic) bond motifs is 3. The molecule has 1 atom stereocenters. The molecule has 0 radical (unpaired) electrons. The van der Waals surface area contributed by atoms with Crippen LogP contribution in [0.4, 0.5) is 4.39 Å². The number of halogens is 1. The van der Waals surface area contributed by atoms with Crippen molar-refractivity contribution in [2.24, 2.45) is 5.73 Å². The predicted octanol–water partition coefficient (Wildman–Crippen LogP) is 3.38. The van der Waals surface area contributed by atoms with Gasteiger partial charge in [-0.05, 0) is 82.6 Å². The maximum absolute atomic E-state index is 14.3. The van der Waals surface area contributed by atoms with Crippen molar-refractivity contribution in [3.8, 4) is 28.0 Å². The highest BCUT2D eigenvalue weighted by Crippen LogP contribution is 2.42. The lowest BCUT2D eigenvalue weighted by molar-refractivity contribution is 0.0765. The summed E-state index contributed by atoms with van der Waals surface area (Å²) in [5.41, 5.74) is 11.3. The van der Waals surface area contributed by atoms with E-state index < -0.39 is 17.8 Å². The lowest BCUT2D eigenvalue weighted by Crippen LogP contribution is -2.29. The Labute approximate surface area is 190 Å². The zero-order valence-corrected chi connectivity index (χ0v) is 18.1. The Morgan fingerprint density at radius 1 is 1.09 bits per heavy atom. The molecule has 0 spiro atoms. The Balaban J connectivity index is 1.60. The van der Waals surface area contributed by atoms with Crippen LogP contribution in [0.2, 0.25) is 0 Å². The van der Waals surface area contributed by atoms with Crippen LogP contribution in [0, 0.1) is 5.82 Å². The standard InChI is InChI=1S/C26H23FN2O4/c1-33-24-5-4-14(12-23(24)27)17-10-20-19-9-16(26(32)29-7-6-18(30)13-29)3-2-15(19)8-21(20)22(11-17)25(28)31/h2-5,9-12,18,30H,6-8,13H2,1H3,(H2,28,31)/t18-/m1/s1. The maximum atomic E-state index is 14.3. The number of benzene rings is 3. The van der Waals surface area contributed by atoms with Gasteiger partial charge in [-0.2, -0.15) is 0 Å². The monoisotopic (exact) mass is 446 g/mol. The van der Waals surface area contributed by atoms with Gasteiger partial charge in [0.05, 0.1) is 13.2 Å². The molecule has 3 N–H and O–H groups in total. The van der Waals surface area contributed by atoms with E-state index in [1.807, 2.05) is 18.2 Å². The summed E-state index contributed by atoms with van der Waals surface area (Å²) >= 11 is 0. The number of methoxy groups -OCH3 is 1. The Morgan fingerprint density at radius 3 is 2.58 bits per heavy atom. The van der Waals surface area contributed by atoms with Gasteiger partial charge in [0.1, 0.15) is 0 Å². The summed E-state index contributed by atoms with van der Waals surface area (Å²) in [7, 11) is 1.40. The Bertz CT molecular complexity index is 1300. The van der Waals surface area contributed by atoms with Gasteiger partial charge in [0.2, 0.25) is 5.91 Å². The third-order valence-electron chi connectivity index (χ3n) is 6.47. The molecule has 1 aliphatic heterocycles. The van der Waals surface area contributed by atoms with Gasteiger partial charge in [0.25, 0.3) is 5.91 Å². The Kier molecular flexibility index (Phi) is 5.13. The molecule has 0 saturated carbocycles. The topological polar surface area (TPSA) is 92.9 Å². The molecule has 168 valence electrons. The van der Waals surface area contributed by atoms with E-state index in [-0.39, 0.29) is 11.7 Å². The van der Waals surface area contributed by atoms with E-state index in [0.717, 1.165) is 22.3 Å². The van der Waals surface area contributed by atoms with Crippen molar-refractivity contribution in [2.75, 3.05) is 20.2 Å². The summed E-state index contributed by atoms with van der Waals surface area (Å²) < 4.78 is 19.4. The second kappa shape index (κ2) is 8.01. The summed E-state index contributed by atoms with van der Waals surface area (Å²) in [5.74, 6) is -1.06. The molecule has 33 heavy (non-hydrogen) atoms. The van der Waals surface area contributed by atoms with Crippen LogP contribution in [0.5, 0.6) is 5.75 Å². The quantitative estimate of drug-likeness (QED) is 0.503. The minimum absolute atomic E-state index is 0.133. The molecule has 1 aliphatic carbocycles. The molecule has 5 rings (SSSR count). The van der Waals surface area contributed by atoms with Crippen molar-refractivity contribution in [3.05, 3.63) is 76.6 Å². The molecule has 0 unspecified atom stereocenters. The number of aliphatic hydroxyl groups is 1. The average Bonchev–Trinajstić information content (AvgIpc) is 3.40. The Morgan fingerprint density at radius 2 is 1.91 bits per heavy atom. The largest absolute Gasteiger partial charge is 0.494 e. The van der Waals surface area contributed by atoms with Crippen LogP contribution in [0.1, 0.15) is 38.3 Å². The summed E-state index contributed by atoms with van der Waals surface area (Å²) in [6.07, 6.45) is 0.607. The van der Waals surface area contributed by atoms with Gasteiger partial charge in [-0.1, -0.05) is 12.1 Å². The molecule has 2 aliphatic rings. The molecule has 1 heterocycles. The second-order valence-electron chi connectivity index (χ2n) is 8.51. The molecular weight excluding hydrogens is 423 g/mol. The maximum Gasteiger partial charge on any atom is 0.253 e. The SMILES string of the molecule is COc1ccc(-c2cc(C(N)=O)c3c(c2)-c2cc(C(=O)N4CC[C@@H](O)C4)ccc2C3)cc1F. The van der Waals surface area contributed by atoms with E-state index >= 15 is 0 Å². The van der Waals surface area contributed by atoms with Crippen LogP contribution in [0.15, 0.2) is 48.5 Å². The highest BCUT2D eigenvalue weighted by molar-refractivity contribution is 6.01. The van der Waals surface area contributed by atoms with Crippen molar-refractivity contribution in [3.63, 3.8) is 0 Å². The van der Waals surface area contributed by atoms with Gasteiger partial charge in [-0.15, -0.1) is 0 Å². The van der Waals surface area contributed by atoms with Crippen molar-refractivity contribution in [1.29, 1.82) is 0 Å². The van der Waals surface area contributed by atoms with E-state index in [1.165, 1.54) is 19.2 Å². The molecule has 1 saturated heterocycles. The van der Waals surface area contributed by atoms with Crippen molar-refractivity contribution < 1.29 is 23.8 Å². The first-order chi connectivity index (χ1) is 15.9. The minimum Gasteiger partial charge on any atom is -0.494 e. The fourth-order valence-corrected chi connectivity index (χ4v) is 4.75. The molecule has 6 nitrogen and oxygen atoms in total. The zero-order chi connectivity index (χ0) is 23.3. The van der Waals surface area contributed by atoms with Crippen LogP contribution in [-0.2, 0) is 6.42 Å². The lowest BCUT2D eigenvalue weighted by Gasteiger charge is -2.16. The van der Waals surface area contributed by atoms with Crippen LogP contribution in [0.25, 0.3) is 22.3 Å². The number of nitrogens with zero attached hydrogens (tertiary/aromatic N) is 1. The third kappa shape index (κ3) is 3.64. The number of β-amino-alcohol motifs (C(OH)–C–C–N with tert-alkyl or cyclic N) is 1. The van der Waals surface area contributed by atoms with Gasteiger partial charge in [0, 0.05) is 24.2 Å². The van der Waals surface area contributed by atoms with Crippen LogP contribution in [-0.4, -0.2) is 48.1 Å². The molecular formula is C26H23FN2O4. The molecule has 3 aromatic carbocycles. The number of nitrogens with two attached hydrogens (primary N) is 1. The molecule has 0 bridgehead atoms. The van der Waals surface area contributed by atoms with Gasteiger partial charge in [0.15, 0.2) is 11.6 Å². The Hall–Kier alpha value is -3.71. The van der Waals surface area contributed by atoms with Crippen LogP contribution in [0.3, 0.4) is 0 Å². The van der Waals surface area contributed by atoms with Gasteiger partial charge in [-0.25, -0.2) is 4.39 Å². The number of likely N-dealkylation sites (tertiary alicyclic amines) is 1. The number of primary amides is 1. The van der Waals surface area contributed by atoms with Gasteiger partial charge < -0.3 is 20.5 Å². The van der Waals surface area contributed by atoms with Gasteiger partial charge in [-0.3, -0.25) is 9.59 Å². The van der Waals surface area contributed by atoms with E-state index in [9.17, 15) is 19.1 Å². The molecule has 0 aromatic heterocycles. The normalized spacial score (nSPS) is 16.5. The van der Waals surface area contributed by atoms with Crippen molar-refractivity contribution in [1.82, 2.24) is 4.90 Å². The smallest absolute Gasteiger partial charge is 0.253 e. The summed E-state index contributed by atoms with van der Waals surface area (Å²) in [6.45, 7) is 0.845. The van der Waals surface area contributed by atoms with Crippen LogP contribution >= 0.6 is 0 Å². The summed E-state index contributed by atoms with van der Waals surface area (Å²) in [4.78, 5) is 26.9. The van der Waals surface area contributed by atoms with E-state index in [4.69, 9.17) is 10.5 Å². The van der Waals surface area contributed by atoms with E-state index in [0.29, 0.717) is 48.2 Å². The number of carbonyl (C=O) groups is 2. The number of hydrogen-bond donors (Lipinski definition) is 2. The number of ether oxygens (including phenoxy) is 1. The highest BCUT2D eigenvalue weighted by atomic mass is 19.1. The average molecular weight is 446 g/mol. The van der Waals surface area contributed by atoms with Crippen molar-refractivity contribution in [2.45, 2.75) is 18.9 Å². The second-order valence-corrected chi connectivity index (χ2v) is 8.51. The van der Waals surface area contributed by atoms with E-state index in [2.05, 4.69) is 0 Å².